The molecule has 1 atom stereocenters. The van der Waals surface area contributed by atoms with Crippen molar-refractivity contribution in [2.45, 2.75) is 24.4 Å². The number of nitrogens with two attached hydrogens (primary N) is 1. The first kappa shape index (κ1) is 14.3. The van der Waals surface area contributed by atoms with Gasteiger partial charge in [-0.15, -0.1) is 11.8 Å². The quantitative estimate of drug-likeness (QED) is 0.651. The molecule has 4 heteroatoms. The standard InChI is InChI=1S/C15H20N2OS/c1-11(16)9-13-10-12-5-3-4-6-14(12)17-15(13)19-8-7-18-2/h3-6,10-11H,7-9,16H2,1-2H3. The lowest BCUT2D eigenvalue weighted by atomic mass is 10.1. The highest BCUT2D eigenvalue weighted by molar-refractivity contribution is 7.99. The summed E-state index contributed by atoms with van der Waals surface area (Å²) < 4.78 is 5.10. The number of pyridine rings is 1. The molecular formula is C15H20N2OS. The van der Waals surface area contributed by atoms with E-state index < -0.39 is 0 Å². The summed E-state index contributed by atoms with van der Waals surface area (Å²) in [6.07, 6.45) is 0.854. The fraction of sp³-hybridized carbons (Fsp3) is 0.400. The number of benzene rings is 1. The topological polar surface area (TPSA) is 48.1 Å². The molecule has 0 aliphatic heterocycles. The van der Waals surface area contributed by atoms with Crippen molar-refractivity contribution in [2.24, 2.45) is 5.73 Å². The van der Waals surface area contributed by atoms with E-state index in [0.29, 0.717) is 0 Å². The monoisotopic (exact) mass is 276 g/mol. The molecule has 2 aromatic rings. The van der Waals surface area contributed by atoms with Crippen LogP contribution < -0.4 is 5.73 Å². The summed E-state index contributed by atoms with van der Waals surface area (Å²) in [7, 11) is 1.72. The van der Waals surface area contributed by atoms with Gasteiger partial charge in [-0.25, -0.2) is 4.98 Å². The van der Waals surface area contributed by atoms with Gasteiger partial charge < -0.3 is 10.5 Å². The number of hydrogen-bond donors (Lipinski definition) is 1. The van der Waals surface area contributed by atoms with E-state index in [1.807, 2.05) is 25.1 Å². The highest BCUT2D eigenvalue weighted by atomic mass is 32.2. The number of fused-ring (bicyclic) bond motifs is 1. The van der Waals surface area contributed by atoms with Crippen molar-refractivity contribution in [3.63, 3.8) is 0 Å². The Labute approximate surface area is 118 Å². The minimum atomic E-state index is 0.143. The Morgan fingerprint density at radius 1 is 1.37 bits per heavy atom. The lowest BCUT2D eigenvalue weighted by Gasteiger charge is -2.12. The van der Waals surface area contributed by atoms with Gasteiger partial charge in [-0.3, -0.25) is 0 Å². The maximum Gasteiger partial charge on any atom is 0.100 e. The zero-order chi connectivity index (χ0) is 13.7. The van der Waals surface area contributed by atoms with Crippen molar-refractivity contribution in [2.75, 3.05) is 19.5 Å². The van der Waals surface area contributed by atoms with Gasteiger partial charge in [0.25, 0.3) is 0 Å². The fourth-order valence-electron chi connectivity index (χ4n) is 1.98. The molecule has 2 rings (SSSR count). The van der Waals surface area contributed by atoms with Crippen molar-refractivity contribution in [3.8, 4) is 0 Å². The van der Waals surface area contributed by atoms with Gasteiger partial charge in [0.05, 0.1) is 12.1 Å². The fourth-order valence-corrected chi connectivity index (χ4v) is 2.92. The lowest BCUT2D eigenvalue weighted by Crippen LogP contribution is -2.18. The molecular weight excluding hydrogens is 256 g/mol. The van der Waals surface area contributed by atoms with Gasteiger partial charge >= 0.3 is 0 Å². The second-order valence-corrected chi connectivity index (χ2v) is 5.75. The first-order valence-electron chi connectivity index (χ1n) is 6.46. The molecule has 19 heavy (non-hydrogen) atoms. The van der Waals surface area contributed by atoms with Crippen LogP contribution >= 0.6 is 11.8 Å². The molecule has 0 saturated heterocycles. The van der Waals surface area contributed by atoms with Gasteiger partial charge in [0.1, 0.15) is 5.03 Å². The third kappa shape index (κ3) is 3.93. The Balaban J connectivity index is 2.33. The van der Waals surface area contributed by atoms with E-state index in [-0.39, 0.29) is 6.04 Å². The number of aromatic nitrogens is 1. The first-order valence-corrected chi connectivity index (χ1v) is 7.45. The van der Waals surface area contributed by atoms with E-state index in [4.69, 9.17) is 15.5 Å². The number of hydrogen-bond acceptors (Lipinski definition) is 4. The van der Waals surface area contributed by atoms with E-state index in [2.05, 4.69) is 12.1 Å². The average molecular weight is 276 g/mol. The first-order chi connectivity index (χ1) is 9.20. The normalized spacial score (nSPS) is 12.8. The Kier molecular flexibility index (Phi) is 5.19. The van der Waals surface area contributed by atoms with Gasteiger partial charge in [-0.2, -0.15) is 0 Å². The molecule has 0 aliphatic carbocycles. The second kappa shape index (κ2) is 6.89. The van der Waals surface area contributed by atoms with E-state index in [1.165, 1.54) is 10.9 Å². The molecule has 0 aliphatic rings. The molecule has 0 saturated carbocycles. The van der Waals surface area contributed by atoms with E-state index in [9.17, 15) is 0 Å². The van der Waals surface area contributed by atoms with Crippen LogP contribution in [0.5, 0.6) is 0 Å². The Morgan fingerprint density at radius 2 is 2.16 bits per heavy atom. The molecule has 0 amide bonds. The maximum absolute atomic E-state index is 5.93. The summed E-state index contributed by atoms with van der Waals surface area (Å²) in [6.45, 7) is 2.76. The summed E-state index contributed by atoms with van der Waals surface area (Å²) in [4.78, 5) is 4.75. The minimum Gasteiger partial charge on any atom is -0.384 e. The van der Waals surface area contributed by atoms with E-state index in [1.54, 1.807) is 18.9 Å². The summed E-state index contributed by atoms with van der Waals surface area (Å²) in [5.74, 6) is 0.911. The number of para-hydroxylation sites is 1. The van der Waals surface area contributed by atoms with E-state index in [0.717, 1.165) is 29.3 Å². The van der Waals surface area contributed by atoms with Gasteiger partial charge in [0.2, 0.25) is 0 Å². The van der Waals surface area contributed by atoms with Gasteiger partial charge in [-0.05, 0) is 31.0 Å². The van der Waals surface area contributed by atoms with Crippen LogP contribution in [-0.4, -0.2) is 30.5 Å². The summed E-state index contributed by atoms with van der Waals surface area (Å²) in [5.41, 5.74) is 8.20. The molecule has 1 heterocycles. The second-order valence-electron chi connectivity index (χ2n) is 4.67. The van der Waals surface area contributed by atoms with Crippen molar-refractivity contribution in [3.05, 3.63) is 35.9 Å². The van der Waals surface area contributed by atoms with Gasteiger partial charge in [-0.1, -0.05) is 18.2 Å². The third-order valence-electron chi connectivity index (χ3n) is 2.83. The predicted octanol–water partition coefficient (Wildman–Crippen LogP) is 2.86. The Bertz CT molecular complexity index is 543. The summed E-state index contributed by atoms with van der Waals surface area (Å²) in [6, 6.07) is 10.6. The maximum atomic E-state index is 5.93. The number of ether oxygens (including phenoxy) is 1. The SMILES string of the molecule is COCCSc1nc2ccccc2cc1CC(C)N. The molecule has 0 bridgehead atoms. The minimum absolute atomic E-state index is 0.143. The lowest BCUT2D eigenvalue weighted by molar-refractivity contribution is 0.218. The third-order valence-corrected chi connectivity index (χ3v) is 3.83. The van der Waals surface area contributed by atoms with E-state index >= 15 is 0 Å². The van der Waals surface area contributed by atoms with Gasteiger partial charge in [0.15, 0.2) is 0 Å². The number of rotatable bonds is 6. The van der Waals surface area contributed by atoms with Crippen LogP contribution in [0.25, 0.3) is 10.9 Å². The van der Waals surface area contributed by atoms with Crippen LogP contribution in [0, 0.1) is 0 Å². The zero-order valence-corrected chi connectivity index (χ0v) is 12.2. The molecule has 3 nitrogen and oxygen atoms in total. The molecule has 0 radical (unpaired) electrons. The van der Waals surface area contributed by atoms with Crippen LogP contribution in [0.2, 0.25) is 0 Å². The predicted molar refractivity (Wildman–Crippen MR) is 81.7 cm³/mol. The largest absolute Gasteiger partial charge is 0.384 e. The Morgan fingerprint density at radius 3 is 2.89 bits per heavy atom. The van der Waals surface area contributed by atoms with Crippen LogP contribution in [0.15, 0.2) is 35.4 Å². The molecule has 1 aromatic heterocycles. The van der Waals surface area contributed by atoms with Crippen molar-refractivity contribution in [1.29, 1.82) is 0 Å². The number of methoxy groups -OCH3 is 1. The molecule has 0 fully saturated rings. The Hall–Kier alpha value is -1.10. The summed E-state index contributed by atoms with van der Waals surface area (Å²) in [5, 5.41) is 2.25. The molecule has 1 unspecified atom stereocenters. The number of nitrogens with zero attached hydrogens (tertiary/aromatic N) is 1. The van der Waals surface area contributed by atoms with Crippen LogP contribution in [0.1, 0.15) is 12.5 Å². The van der Waals surface area contributed by atoms with Crippen LogP contribution in [0.3, 0.4) is 0 Å². The number of thioether (sulfide) groups is 1. The molecule has 1 aromatic carbocycles. The summed E-state index contributed by atoms with van der Waals surface area (Å²) >= 11 is 1.74. The smallest absolute Gasteiger partial charge is 0.100 e. The highest BCUT2D eigenvalue weighted by Crippen LogP contribution is 2.25. The molecule has 0 spiro atoms. The van der Waals surface area contributed by atoms with Crippen molar-refractivity contribution in [1.82, 2.24) is 4.98 Å². The molecule has 102 valence electrons. The van der Waals surface area contributed by atoms with Crippen LogP contribution in [-0.2, 0) is 11.2 Å². The van der Waals surface area contributed by atoms with Gasteiger partial charge in [0, 0.05) is 24.3 Å². The van der Waals surface area contributed by atoms with Crippen molar-refractivity contribution < 1.29 is 4.74 Å². The molecule has 2 N–H and O–H groups in total. The van der Waals surface area contributed by atoms with Crippen molar-refractivity contribution >= 4 is 22.7 Å². The zero-order valence-electron chi connectivity index (χ0n) is 11.4. The average Bonchev–Trinajstić information content (AvgIpc) is 2.39. The van der Waals surface area contributed by atoms with Crippen LogP contribution in [0.4, 0.5) is 0 Å². The highest BCUT2D eigenvalue weighted by Gasteiger charge is 2.09.